The highest BCUT2D eigenvalue weighted by Crippen LogP contribution is 2.55. The van der Waals surface area contributed by atoms with Gasteiger partial charge >= 0.3 is 5.97 Å². The lowest BCUT2D eigenvalue weighted by Gasteiger charge is -2.52. The van der Waals surface area contributed by atoms with E-state index in [1.54, 1.807) is 0 Å². The van der Waals surface area contributed by atoms with Crippen LogP contribution in [0, 0.1) is 17.3 Å². The summed E-state index contributed by atoms with van der Waals surface area (Å²) in [5.74, 6) is 0.923. The van der Waals surface area contributed by atoms with E-state index >= 15 is 0 Å². The lowest BCUT2D eigenvalue weighted by atomic mass is 9.55. The van der Waals surface area contributed by atoms with Crippen molar-refractivity contribution in [3.05, 3.63) is 24.3 Å². The van der Waals surface area contributed by atoms with E-state index in [0.29, 0.717) is 11.8 Å². The summed E-state index contributed by atoms with van der Waals surface area (Å²) in [5, 5.41) is 0. The molecule has 0 aromatic rings. The predicted octanol–water partition coefficient (Wildman–Crippen LogP) is 4.27. The van der Waals surface area contributed by atoms with E-state index in [9.17, 15) is 4.79 Å². The molecule has 0 amide bonds. The first kappa shape index (κ1) is 14.4. The molecule has 0 aliphatic heterocycles. The van der Waals surface area contributed by atoms with Gasteiger partial charge in [-0.15, -0.1) is 0 Å². The van der Waals surface area contributed by atoms with Crippen LogP contribution in [0.2, 0.25) is 0 Å². The Morgan fingerprint density at radius 1 is 1.37 bits per heavy atom. The average molecular weight is 262 g/mol. The molecule has 0 aromatic heterocycles. The summed E-state index contributed by atoms with van der Waals surface area (Å²) < 4.78 is 5.61. The van der Waals surface area contributed by atoms with Crippen LogP contribution >= 0.6 is 0 Å². The van der Waals surface area contributed by atoms with Crippen LogP contribution in [0.4, 0.5) is 0 Å². The second kappa shape index (κ2) is 5.15. The molecule has 2 aliphatic carbocycles. The van der Waals surface area contributed by atoms with Crippen LogP contribution in [0.15, 0.2) is 24.3 Å². The Morgan fingerprint density at radius 3 is 2.63 bits per heavy atom. The van der Waals surface area contributed by atoms with Crippen LogP contribution in [0.3, 0.4) is 0 Å². The molecule has 2 nitrogen and oxygen atoms in total. The molecule has 2 heteroatoms. The van der Waals surface area contributed by atoms with E-state index in [-0.39, 0.29) is 17.5 Å². The van der Waals surface area contributed by atoms with Gasteiger partial charge in [-0.1, -0.05) is 31.2 Å². The van der Waals surface area contributed by atoms with Crippen LogP contribution in [-0.2, 0) is 9.53 Å². The third-order valence-corrected chi connectivity index (χ3v) is 5.31. The van der Waals surface area contributed by atoms with E-state index in [1.807, 2.05) is 0 Å². The third-order valence-electron chi connectivity index (χ3n) is 5.31. The maximum Gasteiger partial charge on any atom is 0.302 e. The molecule has 2 saturated carbocycles. The van der Waals surface area contributed by atoms with Crippen molar-refractivity contribution >= 4 is 5.97 Å². The highest BCUT2D eigenvalue weighted by molar-refractivity contribution is 5.66. The first-order valence-corrected chi connectivity index (χ1v) is 7.35. The molecule has 2 fully saturated rings. The molecule has 0 bridgehead atoms. The van der Waals surface area contributed by atoms with Gasteiger partial charge in [0.05, 0.1) is 0 Å². The van der Waals surface area contributed by atoms with E-state index in [2.05, 4.69) is 27.0 Å². The average Bonchev–Trinajstić information content (AvgIpc) is 2.32. The van der Waals surface area contributed by atoms with Crippen molar-refractivity contribution in [3.63, 3.8) is 0 Å². The second-order valence-corrected chi connectivity index (χ2v) is 6.67. The number of hydrogen-bond acceptors (Lipinski definition) is 2. The maximum absolute atomic E-state index is 11.3. The van der Waals surface area contributed by atoms with Crippen LogP contribution in [0.5, 0.6) is 0 Å². The standard InChI is InChI=1S/C17H26O2/c1-11(2)14-8-9-17(5)15(10-14)12(3)6-7-16(17)19-13(4)18/h14-16H,1,3,6-10H2,2,4-5H3. The van der Waals surface area contributed by atoms with Gasteiger partial charge < -0.3 is 4.74 Å². The molecule has 19 heavy (non-hydrogen) atoms. The van der Waals surface area contributed by atoms with Gasteiger partial charge in [0.1, 0.15) is 6.10 Å². The Balaban J connectivity index is 2.21. The summed E-state index contributed by atoms with van der Waals surface area (Å²) in [7, 11) is 0. The Hall–Kier alpha value is -1.05. The summed E-state index contributed by atoms with van der Waals surface area (Å²) in [6.45, 7) is 14.3. The van der Waals surface area contributed by atoms with Crippen molar-refractivity contribution in [1.29, 1.82) is 0 Å². The summed E-state index contributed by atoms with van der Waals surface area (Å²) in [6.07, 6.45) is 5.37. The van der Waals surface area contributed by atoms with Crippen LogP contribution in [-0.4, -0.2) is 12.1 Å². The minimum absolute atomic E-state index is 0.0616. The summed E-state index contributed by atoms with van der Waals surface area (Å²) >= 11 is 0. The maximum atomic E-state index is 11.3. The van der Waals surface area contributed by atoms with Gasteiger partial charge in [0, 0.05) is 12.3 Å². The van der Waals surface area contributed by atoms with Gasteiger partial charge in [0.25, 0.3) is 0 Å². The number of esters is 1. The zero-order valence-corrected chi connectivity index (χ0v) is 12.5. The second-order valence-electron chi connectivity index (χ2n) is 6.67. The van der Waals surface area contributed by atoms with Crippen LogP contribution in [0.25, 0.3) is 0 Å². The van der Waals surface area contributed by atoms with E-state index in [1.165, 1.54) is 18.1 Å². The van der Waals surface area contributed by atoms with Gasteiger partial charge in [-0.05, 0) is 50.9 Å². The van der Waals surface area contributed by atoms with Gasteiger partial charge in [-0.3, -0.25) is 4.79 Å². The highest BCUT2D eigenvalue weighted by atomic mass is 16.5. The number of carbonyl (C=O) groups excluding carboxylic acids is 1. The Bertz CT molecular complexity index is 409. The van der Waals surface area contributed by atoms with E-state index < -0.39 is 0 Å². The van der Waals surface area contributed by atoms with Crippen molar-refractivity contribution in [2.45, 2.75) is 59.0 Å². The number of hydrogen-bond donors (Lipinski definition) is 0. The van der Waals surface area contributed by atoms with Gasteiger partial charge in [-0.2, -0.15) is 0 Å². The fourth-order valence-electron chi connectivity index (χ4n) is 4.01. The largest absolute Gasteiger partial charge is 0.462 e. The lowest BCUT2D eigenvalue weighted by molar-refractivity contribution is -0.160. The molecule has 0 spiro atoms. The van der Waals surface area contributed by atoms with Crippen molar-refractivity contribution in [2.75, 3.05) is 0 Å². The zero-order chi connectivity index (χ0) is 14.2. The summed E-state index contributed by atoms with van der Waals surface area (Å²) in [5.41, 5.74) is 2.70. The van der Waals surface area contributed by atoms with Crippen LogP contribution in [0.1, 0.15) is 52.9 Å². The van der Waals surface area contributed by atoms with E-state index in [4.69, 9.17) is 4.74 Å². The molecule has 0 heterocycles. The molecule has 4 unspecified atom stereocenters. The Kier molecular flexibility index (Phi) is 3.89. The van der Waals surface area contributed by atoms with Gasteiger partial charge in [0.2, 0.25) is 0 Å². The van der Waals surface area contributed by atoms with Crippen molar-refractivity contribution in [1.82, 2.24) is 0 Å². The zero-order valence-electron chi connectivity index (χ0n) is 12.5. The molecule has 4 atom stereocenters. The smallest absolute Gasteiger partial charge is 0.302 e. The normalized spacial score (nSPS) is 38.5. The molecule has 106 valence electrons. The topological polar surface area (TPSA) is 26.3 Å². The molecule has 0 aromatic carbocycles. The number of rotatable bonds is 2. The molecule has 0 saturated heterocycles. The first-order chi connectivity index (χ1) is 8.84. The monoisotopic (exact) mass is 262 g/mol. The molecule has 0 N–H and O–H groups in total. The number of ether oxygens (including phenoxy) is 1. The summed E-state index contributed by atoms with van der Waals surface area (Å²) in [4.78, 5) is 11.3. The van der Waals surface area contributed by atoms with Crippen LogP contribution < -0.4 is 0 Å². The lowest BCUT2D eigenvalue weighted by Crippen LogP contribution is -2.49. The third kappa shape index (κ3) is 2.63. The number of allylic oxidation sites excluding steroid dienone is 2. The van der Waals surface area contributed by atoms with Gasteiger partial charge in [-0.25, -0.2) is 0 Å². The number of fused-ring (bicyclic) bond motifs is 1. The summed E-state index contributed by atoms with van der Waals surface area (Å²) in [6, 6.07) is 0. The minimum Gasteiger partial charge on any atom is -0.462 e. The molecule has 0 radical (unpaired) electrons. The quantitative estimate of drug-likeness (QED) is 0.549. The molecular formula is C17H26O2. The number of carbonyl (C=O) groups is 1. The molecule has 2 aliphatic rings. The molecular weight excluding hydrogens is 236 g/mol. The SMILES string of the molecule is C=C(C)C1CCC2(C)C(OC(C)=O)CCC(=C)C2C1. The molecule has 2 rings (SSSR count). The van der Waals surface area contributed by atoms with Gasteiger partial charge in [0.15, 0.2) is 0 Å². The van der Waals surface area contributed by atoms with Crippen molar-refractivity contribution in [3.8, 4) is 0 Å². The Morgan fingerprint density at radius 2 is 2.05 bits per heavy atom. The van der Waals surface area contributed by atoms with Crippen molar-refractivity contribution < 1.29 is 9.53 Å². The van der Waals surface area contributed by atoms with Crippen molar-refractivity contribution in [2.24, 2.45) is 17.3 Å². The Labute approximate surface area is 116 Å². The first-order valence-electron chi connectivity index (χ1n) is 7.35. The predicted molar refractivity (Wildman–Crippen MR) is 77.7 cm³/mol. The fourth-order valence-corrected chi connectivity index (χ4v) is 4.01. The fraction of sp³-hybridized carbons (Fsp3) is 0.706. The highest BCUT2D eigenvalue weighted by Gasteiger charge is 2.50. The van der Waals surface area contributed by atoms with E-state index in [0.717, 1.165) is 32.1 Å². The minimum atomic E-state index is -0.153.